The summed E-state index contributed by atoms with van der Waals surface area (Å²) in [4.78, 5) is 26.8. The number of hydrogen-bond donors (Lipinski definition) is 1. The maximum atomic E-state index is 14.2. The standard InChI is InChI=1S/C15H13BrFNO3/c1-2-21-14(20)9-7-18-12-6-10(15(16)3-4-15)11(17)5-8(12)13(9)19/h5-7H,2-4H2,1H3,(H,18,19). The first-order valence-corrected chi connectivity index (χ1v) is 7.47. The van der Waals surface area contributed by atoms with Gasteiger partial charge in [-0.15, -0.1) is 0 Å². The summed E-state index contributed by atoms with van der Waals surface area (Å²) in [6.07, 6.45) is 3.04. The largest absolute Gasteiger partial charge is 0.462 e. The molecule has 1 aliphatic rings. The molecule has 2 aromatic rings. The van der Waals surface area contributed by atoms with Gasteiger partial charge in [0.1, 0.15) is 11.4 Å². The van der Waals surface area contributed by atoms with Crippen molar-refractivity contribution in [2.75, 3.05) is 6.61 Å². The molecule has 21 heavy (non-hydrogen) atoms. The maximum Gasteiger partial charge on any atom is 0.343 e. The van der Waals surface area contributed by atoms with E-state index in [4.69, 9.17) is 4.74 Å². The third-order valence-corrected chi connectivity index (χ3v) is 4.86. The first kappa shape index (κ1) is 14.3. The normalized spacial score (nSPS) is 16.0. The molecule has 1 aromatic heterocycles. The molecule has 0 aliphatic heterocycles. The van der Waals surface area contributed by atoms with E-state index >= 15 is 0 Å². The summed E-state index contributed by atoms with van der Waals surface area (Å²) in [6, 6.07) is 2.82. The number of benzene rings is 1. The zero-order valence-electron chi connectivity index (χ0n) is 11.3. The molecular formula is C15H13BrFNO3. The summed E-state index contributed by atoms with van der Waals surface area (Å²) in [6.45, 7) is 1.83. The van der Waals surface area contributed by atoms with Gasteiger partial charge in [-0.1, -0.05) is 15.9 Å². The van der Waals surface area contributed by atoms with Crippen LogP contribution >= 0.6 is 15.9 Å². The van der Waals surface area contributed by atoms with Crippen molar-refractivity contribution in [3.8, 4) is 0 Å². The van der Waals surface area contributed by atoms with Gasteiger partial charge in [0.25, 0.3) is 0 Å². The number of carbonyl (C=O) groups excluding carboxylic acids is 1. The lowest BCUT2D eigenvalue weighted by Gasteiger charge is -2.10. The van der Waals surface area contributed by atoms with Crippen LogP contribution in [-0.4, -0.2) is 17.6 Å². The Labute approximate surface area is 128 Å². The van der Waals surface area contributed by atoms with E-state index in [2.05, 4.69) is 20.9 Å². The van der Waals surface area contributed by atoms with Crippen molar-refractivity contribution in [2.45, 2.75) is 24.1 Å². The molecule has 1 N–H and O–H groups in total. The molecule has 110 valence electrons. The van der Waals surface area contributed by atoms with Crippen LogP contribution in [0.25, 0.3) is 10.9 Å². The SMILES string of the molecule is CCOC(=O)c1c[nH]c2cc(C3(Br)CC3)c(F)cc2c1=O. The topological polar surface area (TPSA) is 59.2 Å². The van der Waals surface area contributed by atoms with E-state index in [-0.39, 0.29) is 21.9 Å². The van der Waals surface area contributed by atoms with Crippen molar-refractivity contribution < 1.29 is 13.9 Å². The molecule has 3 rings (SSSR count). The number of nitrogens with one attached hydrogen (secondary N) is 1. The average molecular weight is 354 g/mol. The summed E-state index contributed by atoms with van der Waals surface area (Å²) in [5.74, 6) is -1.15. The number of pyridine rings is 1. The van der Waals surface area contributed by atoms with Gasteiger partial charge in [0.15, 0.2) is 0 Å². The Morgan fingerprint density at radius 3 is 2.81 bits per heavy atom. The minimum absolute atomic E-state index is 0.114. The molecule has 0 atom stereocenters. The number of aromatic nitrogens is 1. The van der Waals surface area contributed by atoms with Crippen molar-refractivity contribution in [1.82, 2.24) is 4.98 Å². The van der Waals surface area contributed by atoms with Crippen LogP contribution in [0.15, 0.2) is 23.1 Å². The first-order valence-electron chi connectivity index (χ1n) is 6.68. The lowest BCUT2D eigenvalue weighted by Crippen LogP contribution is -2.18. The summed E-state index contributed by atoms with van der Waals surface area (Å²) in [5, 5.41) is 0.151. The molecule has 0 radical (unpaired) electrons. The third kappa shape index (κ3) is 2.37. The Kier molecular flexibility index (Phi) is 3.36. The Bertz CT molecular complexity index is 795. The fourth-order valence-electron chi connectivity index (χ4n) is 2.32. The van der Waals surface area contributed by atoms with Crippen LogP contribution in [0.4, 0.5) is 4.39 Å². The molecule has 1 saturated carbocycles. The Balaban J connectivity index is 2.17. The van der Waals surface area contributed by atoms with Gasteiger partial charge in [-0.3, -0.25) is 4.79 Å². The first-order chi connectivity index (χ1) is 9.96. The van der Waals surface area contributed by atoms with Crippen molar-refractivity contribution >= 4 is 32.8 Å². The van der Waals surface area contributed by atoms with E-state index in [1.165, 1.54) is 12.3 Å². The molecular weight excluding hydrogens is 341 g/mol. The quantitative estimate of drug-likeness (QED) is 0.680. The molecule has 4 nitrogen and oxygen atoms in total. The summed E-state index contributed by atoms with van der Waals surface area (Å²) in [5.41, 5.74) is 0.410. The molecule has 0 bridgehead atoms. The third-order valence-electron chi connectivity index (χ3n) is 3.64. The van der Waals surface area contributed by atoms with Gasteiger partial charge in [-0.2, -0.15) is 0 Å². The van der Waals surface area contributed by atoms with Crippen LogP contribution in [0.3, 0.4) is 0 Å². The number of aromatic amines is 1. The lowest BCUT2D eigenvalue weighted by atomic mass is 10.1. The van der Waals surface area contributed by atoms with E-state index in [0.717, 1.165) is 12.8 Å². The smallest absolute Gasteiger partial charge is 0.343 e. The van der Waals surface area contributed by atoms with E-state index in [9.17, 15) is 14.0 Å². The van der Waals surface area contributed by atoms with E-state index in [0.29, 0.717) is 11.1 Å². The van der Waals surface area contributed by atoms with Crippen molar-refractivity contribution in [1.29, 1.82) is 0 Å². The van der Waals surface area contributed by atoms with E-state index < -0.39 is 17.2 Å². The molecule has 0 spiro atoms. The average Bonchev–Trinajstić information content (AvgIpc) is 3.18. The monoisotopic (exact) mass is 353 g/mol. The summed E-state index contributed by atoms with van der Waals surface area (Å²) in [7, 11) is 0. The van der Waals surface area contributed by atoms with Gasteiger partial charge >= 0.3 is 5.97 Å². The fraction of sp³-hybridized carbons (Fsp3) is 0.333. The van der Waals surface area contributed by atoms with Crippen LogP contribution in [-0.2, 0) is 9.06 Å². The zero-order valence-corrected chi connectivity index (χ0v) is 12.9. The Hall–Kier alpha value is -1.69. The zero-order chi connectivity index (χ0) is 15.2. The molecule has 1 heterocycles. The molecule has 6 heteroatoms. The number of fused-ring (bicyclic) bond motifs is 1. The molecule has 1 aliphatic carbocycles. The highest BCUT2D eigenvalue weighted by Crippen LogP contribution is 2.54. The maximum absolute atomic E-state index is 14.2. The number of rotatable bonds is 3. The van der Waals surface area contributed by atoms with Crippen LogP contribution in [0.2, 0.25) is 0 Å². The number of esters is 1. The minimum Gasteiger partial charge on any atom is -0.462 e. The highest BCUT2D eigenvalue weighted by atomic mass is 79.9. The number of halogens is 2. The fourth-order valence-corrected chi connectivity index (χ4v) is 2.83. The molecule has 0 saturated heterocycles. The van der Waals surface area contributed by atoms with Crippen LogP contribution in [0.1, 0.15) is 35.7 Å². The van der Waals surface area contributed by atoms with E-state index in [1.54, 1.807) is 13.0 Å². The minimum atomic E-state index is -0.704. The molecule has 0 amide bonds. The van der Waals surface area contributed by atoms with Crippen LogP contribution in [0, 0.1) is 5.82 Å². The number of carbonyl (C=O) groups is 1. The molecule has 1 fully saturated rings. The predicted molar refractivity (Wildman–Crippen MR) is 80.3 cm³/mol. The van der Waals surface area contributed by atoms with Gasteiger partial charge in [0, 0.05) is 22.7 Å². The van der Waals surface area contributed by atoms with Gasteiger partial charge in [0.05, 0.1) is 10.9 Å². The number of alkyl halides is 1. The van der Waals surface area contributed by atoms with Crippen LogP contribution in [0.5, 0.6) is 0 Å². The van der Waals surface area contributed by atoms with Gasteiger partial charge in [0.2, 0.25) is 5.43 Å². The second-order valence-electron chi connectivity index (χ2n) is 5.09. The van der Waals surface area contributed by atoms with E-state index in [1.807, 2.05) is 0 Å². The van der Waals surface area contributed by atoms with Gasteiger partial charge < -0.3 is 9.72 Å². The van der Waals surface area contributed by atoms with Gasteiger partial charge in [-0.25, -0.2) is 9.18 Å². The van der Waals surface area contributed by atoms with Crippen molar-refractivity contribution in [3.63, 3.8) is 0 Å². The number of H-pyrrole nitrogens is 1. The highest BCUT2D eigenvalue weighted by molar-refractivity contribution is 9.09. The summed E-state index contributed by atoms with van der Waals surface area (Å²) < 4.78 is 18.7. The second kappa shape index (κ2) is 4.94. The highest BCUT2D eigenvalue weighted by Gasteiger charge is 2.43. The van der Waals surface area contributed by atoms with Crippen molar-refractivity contribution in [2.24, 2.45) is 0 Å². The van der Waals surface area contributed by atoms with Crippen LogP contribution < -0.4 is 5.43 Å². The summed E-state index contributed by atoms with van der Waals surface area (Å²) >= 11 is 3.50. The second-order valence-corrected chi connectivity index (χ2v) is 6.61. The predicted octanol–water partition coefficient (Wildman–Crippen LogP) is 3.23. The van der Waals surface area contributed by atoms with Crippen molar-refractivity contribution in [3.05, 3.63) is 45.5 Å². The molecule has 1 aromatic carbocycles. The lowest BCUT2D eigenvalue weighted by molar-refractivity contribution is 0.0524. The number of hydrogen-bond acceptors (Lipinski definition) is 3. The number of ether oxygens (including phenoxy) is 1. The Morgan fingerprint density at radius 1 is 1.48 bits per heavy atom. The molecule has 0 unspecified atom stereocenters. The van der Waals surface area contributed by atoms with Gasteiger partial charge in [-0.05, 0) is 31.9 Å². The Morgan fingerprint density at radius 2 is 2.19 bits per heavy atom.